The third-order valence-corrected chi connectivity index (χ3v) is 4.21. The molecule has 0 spiro atoms. The first-order chi connectivity index (χ1) is 10.6. The number of methoxy groups -OCH3 is 1. The van der Waals surface area contributed by atoms with E-state index >= 15 is 0 Å². The first kappa shape index (κ1) is 14.6. The minimum atomic E-state index is 0.0310. The number of nitrogens with zero attached hydrogens (tertiary/aromatic N) is 3. The van der Waals surface area contributed by atoms with Gasteiger partial charge in [-0.1, -0.05) is 0 Å². The van der Waals surface area contributed by atoms with Crippen LogP contribution >= 0.6 is 0 Å². The van der Waals surface area contributed by atoms with Crippen molar-refractivity contribution in [2.45, 2.75) is 32.0 Å². The summed E-state index contributed by atoms with van der Waals surface area (Å²) in [4.78, 5) is 17.7. The molecule has 2 aromatic rings. The van der Waals surface area contributed by atoms with Gasteiger partial charge in [0.05, 0.1) is 24.3 Å². The number of likely N-dealkylation sites (tertiary alicyclic amines) is 1. The number of carbonyl (C=O) groups excluding carboxylic acids is 1. The fraction of sp³-hybridized carbons (Fsp3) is 0.467. The molecule has 1 amide bonds. The Kier molecular flexibility index (Phi) is 3.89. The molecule has 3 heterocycles. The second kappa shape index (κ2) is 5.84. The van der Waals surface area contributed by atoms with Gasteiger partial charge in [0, 0.05) is 31.7 Å². The van der Waals surface area contributed by atoms with E-state index in [-0.39, 0.29) is 18.1 Å². The summed E-state index contributed by atoms with van der Waals surface area (Å²) in [5, 5.41) is 4.21. The Morgan fingerprint density at radius 3 is 2.95 bits per heavy atom. The van der Waals surface area contributed by atoms with Gasteiger partial charge in [0.2, 0.25) is 0 Å². The topological polar surface area (TPSA) is 89.2 Å². The third kappa shape index (κ3) is 2.71. The maximum absolute atomic E-state index is 12.8. The van der Waals surface area contributed by atoms with E-state index in [9.17, 15) is 4.79 Å². The normalized spacial score (nSPS) is 21.5. The van der Waals surface area contributed by atoms with E-state index in [2.05, 4.69) is 10.1 Å². The molecule has 1 saturated heterocycles. The fourth-order valence-corrected chi connectivity index (χ4v) is 3.00. The lowest BCUT2D eigenvalue weighted by Crippen LogP contribution is -2.38. The predicted molar refractivity (Wildman–Crippen MR) is 82.4 cm³/mol. The number of nitrogens with one attached hydrogen (secondary N) is 1. The summed E-state index contributed by atoms with van der Waals surface area (Å²) < 4.78 is 7.24. The molecule has 2 aromatic heterocycles. The number of nitrogens with two attached hydrogens (primary N) is 1. The number of aromatic amines is 1. The van der Waals surface area contributed by atoms with Gasteiger partial charge < -0.3 is 20.4 Å². The maximum atomic E-state index is 12.8. The molecule has 7 heteroatoms. The van der Waals surface area contributed by atoms with Crippen LogP contribution in [-0.4, -0.2) is 51.4 Å². The Morgan fingerprint density at radius 1 is 1.55 bits per heavy atom. The van der Waals surface area contributed by atoms with Crippen LogP contribution in [0.1, 0.15) is 22.5 Å². The molecule has 0 aliphatic carbocycles. The van der Waals surface area contributed by atoms with Crippen molar-refractivity contribution in [2.24, 2.45) is 0 Å². The van der Waals surface area contributed by atoms with Crippen LogP contribution in [0.4, 0.5) is 5.82 Å². The average molecular weight is 303 g/mol. The molecule has 2 atom stereocenters. The molecule has 1 aliphatic rings. The van der Waals surface area contributed by atoms with Crippen molar-refractivity contribution in [2.75, 3.05) is 19.4 Å². The second-order valence-corrected chi connectivity index (χ2v) is 5.68. The van der Waals surface area contributed by atoms with E-state index in [4.69, 9.17) is 10.5 Å². The molecule has 0 aromatic carbocycles. The first-order valence-corrected chi connectivity index (χ1v) is 7.35. The Hall–Kier alpha value is -2.28. The van der Waals surface area contributed by atoms with Gasteiger partial charge in [-0.05, 0) is 25.5 Å². The number of carbonyl (C=O) groups is 1. The number of hydrogen-bond acceptors (Lipinski definition) is 4. The molecule has 1 aliphatic heterocycles. The van der Waals surface area contributed by atoms with E-state index in [1.54, 1.807) is 24.1 Å². The number of aryl methyl sites for hydroxylation is 1. The zero-order valence-electron chi connectivity index (χ0n) is 12.8. The van der Waals surface area contributed by atoms with Crippen LogP contribution in [-0.2, 0) is 11.3 Å². The average Bonchev–Trinajstić information content (AvgIpc) is 3.19. The molecular formula is C15H21N5O2. The molecule has 3 rings (SSSR count). The summed E-state index contributed by atoms with van der Waals surface area (Å²) in [5.74, 6) is 0.518. The molecule has 118 valence electrons. The molecule has 0 unspecified atom stereocenters. The minimum absolute atomic E-state index is 0.0310. The number of ether oxygens (including phenoxy) is 1. The van der Waals surface area contributed by atoms with E-state index in [1.165, 1.54) is 0 Å². The number of H-pyrrole nitrogens is 1. The van der Waals surface area contributed by atoms with Crippen molar-refractivity contribution < 1.29 is 9.53 Å². The summed E-state index contributed by atoms with van der Waals surface area (Å²) in [5.41, 5.74) is 7.25. The molecule has 0 radical (unpaired) electrons. The quantitative estimate of drug-likeness (QED) is 0.883. The number of amides is 1. The first-order valence-electron chi connectivity index (χ1n) is 7.35. The lowest BCUT2D eigenvalue weighted by atomic mass is 10.1. The third-order valence-electron chi connectivity index (χ3n) is 4.21. The van der Waals surface area contributed by atoms with E-state index < -0.39 is 0 Å². The summed E-state index contributed by atoms with van der Waals surface area (Å²) in [6, 6.07) is 3.62. The van der Waals surface area contributed by atoms with Crippen molar-refractivity contribution in [3.05, 3.63) is 35.8 Å². The molecule has 1 fully saturated rings. The highest BCUT2D eigenvalue weighted by Crippen LogP contribution is 2.24. The van der Waals surface area contributed by atoms with Crippen LogP contribution in [0.15, 0.2) is 24.5 Å². The van der Waals surface area contributed by atoms with Crippen LogP contribution in [0, 0.1) is 6.92 Å². The standard InChI is InChI=1S/C15H21N5O2/c1-10-13(3-5-17-10)15(21)20-9-12(22-2)7-11(20)8-19-6-4-14(16)18-19/h3-6,11-12,17H,7-9H2,1-2H3,(H2,16,18)/t11-,12-/m0/s1. The summed E-state index contributed by atoms with van der Waals surface area (Å²) >= 11 is 0. The number of nitrogen functional groups attached to an aromatic ring is 1. The zero-order chi connectivity index (χ0) is 15.7. The van der Waals surface area contributed by atoms with Gasteiger partial charge >= 0.3 is 0 Å². The Bertz CT molecular complexity index is 662. The monoisotopic (exact) mass is 303 g/mol. The highest BCUT2D eigenvalue weighted by Gasteiger charge is 2.36. The molecule has 22 heavy (non-hydrogen) atoms. The fourth-order valence-electron chi connectivity index (χ4n) is 3.00. The highest BCUT2D eigenvalue weighted by molar-refractivity contribution is 5.95. The molecule has 0 bridgehead atoms. The van der Waals surface area contributed by atoms with E-state index in [1.807, 2.05) is 24.1 Å². The van der Waals surface area contributed by atoms with Crippen LogP contribution in [0.5, 0.6) is 0 Å². The van der Waals surface area contributed by atoms with Crippen molar-refractivity contribution in [3.63, 3.8) is 0 Å². The van der Waals surface area contributed by atoms with Crippen LogP contribution in [0.2, 0.25) is 0 Å². The van der Waals surface area contributed by atoms with Crippen LogP contribution in [0.3, 0.4) is 0 Å². The summed E-state index contributed by atoms with van der Waals surface area (Å²) in [6.45, 7) is 3.12. The maximum Gasteiger partial charge on any atom is 0.256 e. The number of rotatable bonds is 4. The van der Waals surface area contributed by atoms with Gasteiger partial charge in [-0.25, -0.2) is 0 Å². The Balaban J connectivity index is 1.80. The van der Waals surface area contributed by atoms with Crippen molar-refractivity contribution >= 4 is 11.7 Å². The summed E-state index contributed by atoms with van der Waals surface area (Å²) in [6.07, 6.45) is 4.47. The lowest BCUT2D eigenvalue weighted by Gasteiger charge is -2.24. The van der Waals surface area contributed by atoms with Crippen molar-refractivity contribution in [1.29, 1.82) is 0 Å². The second-order valence-electron chi connectivity index (χ2n) is 5.68. The smallest absolute Gasteiger partial charge is 0.256 e. The van der Waals surface area contributed by atoms with E-state index in [0.29, 0.717) is 24.5 Å². The van der Waals surface area contributed by atoms with Gasteiger partial charge in [0.15, 0.2) is 0 Å². The number of aromatic nitrogens is 3. The minimum Gasteiger partial charge on any atom is -0.382 e. The van der Waals surface area contributed by atoms with Crippen molar-refractivity contribution in [1.82, 2.24) is 19.7 Å². The predicted octanol–water partition coefficient (Wildman–Crippen LogP) is 1.03. The van der Waals surface area contributed by atoms with Gasteiger partial charge in [-0.2, -0.15) is 5.10 Å². The highest BCUT2D eigenvalue weighted by atomic mass is 16.5. The molecular weight excluding hydrogens is 282 g/mol. The molecule has 7 nitrogen and oxygen atoms in total. The van der Waals surface area contributed by atoms with Gasteiger partial charge in [0.1, 0.15) is 5.82 Å². The van der Waals surface area contributed by atoms with Gasteiger partial charge in [-0.15, -0.1) is 0 Å². The lowest BCUT2D eigenvalue weighted by molar-refractivity contribution is 0.0678. The summed E-state index contributed by atoms with van der Waals surface area (Å²) in [7, 11) is 1.68. The van der Waals surface area contributed by atoms with Crippen LogP contribution < -0.4 is 5.73 Å². The van der Waals surface area contributed by atoms with Gasteiger partial charge in [0.25, 0.3) is 5.91 Å². The van der Waals surface area contributed by atoms with E-state index in [0.717, 1.165) is 12.1 Å². The van der Waals surface area contributed by atoms with Crippen molar-refractivity contribution in [3.8, 4) is 0 Å². The van der Waals surface area contributed by atoms with Gasteiger partial charge in [-0.3, -0.25) is 9.48 Å². The SMILES string of the molecule is CO[C@H]1C[C@@H](Cn2ccc(N)n2)N(C(=O)c2cc[nH]c2C)C1. The molecule has 3 N–H and O–H groups in total. The van der Waals surface area contributed by atoms with Crippen LogP contribution in [0.25, 0.3) is 0 Å². The largest absolute Gasteiger partial charge is 0.382 e. The molecule has 0 saturated carbocycles. The number of anilines is 1. The Morgan fingerprint density at radius 2 is 2.36 bits per heavy atom. The Labute approximate surface area is 129 Å². The zero-order valence-corrected chi connectivity index (χ0v) is 12.8. The number of hydrogen-bond donors (Lipinski definition) is 2.